The van der Waals surface area contributed by atoms with Crippen molar-refractivity contribution in [2.24, 2.45) is 0 Å². The van der Waals surface area contributed by atoms with E-state index in [4.69, 9.17) is 9.26 Å². The molecule has 2 unspecified atom stereocenters. The summed E-state index contributed by atoms with van der Waals surface area (Å²) >= 11 is 0. The van der Waals surface area contributed by atoms with Crippen molar-refractivity contribution in [3.63, 3.8) is 0 Å². The monoisotopic (exact) mass is 603 g/mol. The van der Waals surface area contributed by atoms with Crippen molar-refractivity contribution in [2.45, 2.75) is 161 Å². The molecule has 1 N–H and O–H groups in total. The molecule has 0 aromatic rings. The van der Waals surface area contributed by atoms with Crippen LogP contribution < -0.4 is 4.89 Å². The summed E-state index contributed by atoms with van der Waals surface area (Å²) in [4.78, 5) is 24.4. The number of esters is 1. The van der Waals surface area contributed by atoms with Crippen molar-refractivity contribution < 1.29 is 33.1 Å². The molecule has 8 heteroatoms. The third-order valence-corrected chi connectivity index (χ3v) is 9.95. The average molecular weight is 604 g/mol. The highest BCUT2D eigenvalue weighted by molar-refractivity contribution is 7.51. The summed E-state index contributed by atoms with van der Waals surface area (Å²) in [5.41, 5.74) is 0. The second-order valence-electron chi connectivity index (χ2n) is 12.6. The van der Waals surface area contributed by atoms with Gasteiger partial charge in [-0.25, -0.2) is 0 Å². The van der Waals surface area contributed by atoms with Gasteiger partial charge in [-0.1, -0.05) is 116 Å². The molecule has 0 rings (SSSR count). The number of quaternary nitrogens is 1. The zero-order chi connectivity index (χ0) is 30.8. The molecule has 0 aliphatic heterocycles. The van der Waals surface area contributed by atoms with Gasteiger partial charge < -0.3 is 28.3 Å². The highest BCUT2D eigenvalue weighted by atomic mass is 31.2. The van der Waals surface area contributed by atoms with E-state index < -0.39 is 26.1 Å². The number of ether oxygens (including phenoxy) is 1. The van der Waals surface area contributed by atoms with Crippen LogP contribution >= 0.6 is 7.60 Å². The van der Waals surface area contributed by atoms with E-state index in [1.54, 1.807) is 28.1 Å². The highest BCUT2D eigenvalue weighted by Gasteiger charge is 2.34. The fraction of sp³-hybridized carbons (Fsp3) is 0.909. The Hall–Kier alpha value is -0.720. The summed E-state index contributed by atoms with van der Waals surface area (Å²) in [6.07, 6.45) is 28.4. The Bertz CT molecular complexity index is 694. The smallest absolute Gasteiger partial charge is 0.305 e. The van der Waals surface area contributed by atoms with Gasteiger partial charge in [-0.15, -0.1) is 0 Å². The summed E-state index contributed by atoms with van der Waals surface area (Å²) < 4.78 is 22.8. The molecular weight excluding hydrogens is 537 g/mol. The Labute approximate surface area is 253 Å². The van der Waals surface area contributed by atoms with Crippen molar-refractivity contribution >= 4 is 13.6 Å². The second-order valence-corrected chi connectivity index (χ2v) is 14.6. The predicted octanol–water partition coefficient (Wildman–Crippen LogP) is 8.28. The molecule has 0 aromatic carbocycles. The minimum atomic E-state index is -4.16. The molecule has 0 amide bonds. The van der Waals surface area contributed by atoms with Crippen LogP contribution in [0.15, 0.2) is 12.2 Å². The minimum absolute atomic E-state index is 0.222. The first-order valence-corrected chi connectivity index (χ1v) is 18.4. The van der Waals surface area contributed by atoms with Crippen molar-refractivity contribution in [2.75, 3.05) is 34.4 Å². The summed E-state index contributed by atoms with van der Waals surface area (Å²) in [7, 11) is 1.22. The van der Waals surface area contributed by atoms with E-state index in [1.807, 2.05) is 0 Å². The Morgan fingerprint density at radius 1 is 0.756 bits per heavy atom. The van der Waals surface area contributed by atoms with Crippen LogP contribution in [0.5, 0.6) is 0 Å². The quantitative estimate of drug-likeness (QED) is 0.0304. The van der Waals surface area contributed by atoms with E-state index in [9.17, 15) is 19.4 Å². The van der Waals surface area contributed by atoms with E-state index in [-0.39, 0.29) is 17.1 Å². The van der Waals surface area contributed by atoms with E-state index in [2.05, 4.69) is 19.1 Å². The molecule has 0 radical (unpaired) electrons. The molecule has 0 spiro atoms. The second kappa shape index (κ2) is 25.7. The lowest BCUT2D eigenvalue weighted by Gasteiger charge is -2.41. The number of carbonyl (C=O) groups is 1. The molecule has 7 nitrogen and oxygen atoms in total. The van der Waals surface area contributed by atoms with Crippen molar-refractivity contribution in [1.29, 1.82) is 0 Å². The lowest BCUT2D eigenvalue weighted by molar-refractivity contribution is -0.884. The molecule has 0 bridgehead atoms. The first-order valence-electron chi connectivity index (χ1n) is 16.8. The Kier molecular flexibility index (Phi) is 25.3. The molecule has 0 fully saturated rings. The van der Waals surface area contributed by atoms with Crippen LogP contribution in [-0.4, -0.2) is 61.8 Å². The third kappa shape index (κ3) is 24.4. The first-order chi connectivity index (χ1) is 19.5. The van der Waals surface area contributed by atoms with Gasteiger partial charge >= 0.3 is 5.97 Å². The van der Waals surface area contributed by atoms with Crippen LogP contribution in [-0.2, 0) is 18.6 Å². The zero-order valence-corrected chi connectivity index (χ0v) is 28.4. The van der Waals surface area contributed by atoms with Gasteiger partial charge in [0.15, 0.2) is 13.4 Å². The number of hydrogen-bond donors (Lipinski definition) is 1. The van der Waals surface area contributed by atoms with E-state index in [1.165, 1.54) is 103 Å². The summed E-state index contributed by atoms with van der Waals surface area (Å²) in [6.45, 7) is 3.40. The third-order valence-electron chi connectivity index (χ3n) is 7.65. The van der Waals surface area contributed by atoms with Gasteiger partial charge in [0.2, 0.25) is 0 Å². The minimum Gasteiger partial charge on any atom is -0.774 e. The first kappa shape index (κ1) is 40.3. The fourth-order valence-corrected chi connectivity index (χ4v) is 7.03. The maximum atomic E-state index is 12.4. The predicted molar refractivity (Wildman–Crippen MR) is 170 cm³/mol. The lowest BCUT2D eigenvalue weighted by atomic mass is 10.0. The number of aliphatic hydroxyl groups is 1. The van der Waals surface area contributed by atoms with Gasteiger partial charge in [0.25, 0.3) is 0 Å². The number of hydrogen-bond acceptors (Lipinski definition) is 6. The van der Waals surface area contributed by atoms with Crippen LogP contribution in [0.3, 0.4) is 0 Å². The molecule has 41 heavy (non-hydrogen) atoms. The number of aliphatic hydroxyl groups excluding tert-OH is 1. The summed E-state index contributed by atoms with van der Waals surface area (Å²) in [6, 6.07) is 0. The highest BCUT2D eigenvalue weighted by Crippen LogP contribution is 2.47. The average Bonchev–Trinajstić information content (AvgIpc) is 2.91. The Morgan fingerprint density at radius 3 is 1.63 bits per heavy atom. The van der Waals surface area contributed by atoms with Crippen LogP contribution in [0.25, 0.3) is 0 Å². The van der Waals surface area contributed by atoms with Gasteiger partial charge in [-0.2, -0.15) is 0 Å². The molecule has 244 valence electrons. The molecule has 0 aliphatic rings. The number of carbonyl (C=O) groups excluding carboxylic acids is 1. The van der Waals surface area contributed by atoms with E-state index in [0.29, 0.717) is 12.8 Å². The normalized spacial score (nSPS) is 15.2. The maximum Gasteiger partial charge on any atom is 0.305 e. The molecule has 0 heterocycles. The van der Waals surface area contributed by atoms with Gasteiger partial charge in [0, 0.05) is 12.8 Å². The van der Waals surface area contributed by atoms with Gasteiger partial charge in [-0.3, -0.25) is 4.79 Å². The summed E-state index contributed by atoms with van der Waals surface area (Å²) in [5, 5.41) is 10.00. The zero-order valence-electron chi connectivity index (χ0n) is 27.5. The maximum absolute atomic E-state index is 12.4. The molecule has 0 saturated heterocycles. The van der Waals surface area contributed by atoms with Crippen LogP contribution in [0.2, 0.25) is 0 Å². The van der Waals surface area contributed by atoms with E-state index in [0.717, 1.165) is 19.3 Å². The SMILES string of the molecule is CCCCCCCC/C=C\CCCCCCCCCCCCCC(=O)OC[C@@H](O)COP(=O)([O-])C(CC)[N+](C)(C)C. The van der Waals surface area contributed by atoms with Crippen molar-refractivity contribution in [1.82, 2.24) is 0 Å². The standard InChI is InChI=1S/C33H66NO6P/c1-6-8-9-10-11-12-13-14-15-16-17-18-19-20-21-22-23-24-25-26-27-28-33(36)39-29-31(35)30-40-41(37,38)32(7-2)34(3,4)5/h14-15,31-32,35H,6-13,16-30H2,1-5H3/b15-14-/t31-,32?/m1/s1. The topological polar surface area (TPSA) is 95.9 Å². The summed E-state index contributed by atoms with van der Waals surface area (Å²) in [5.74, 6) is -1.06. The molecular formula is C33H66NO6P. The fourth-order valence-electron chi connectivity index (χ4n) is 5.18. The van der Waals surface area contributed by atoms with Gasteiger partial charge in [0.1, 0.15) is 12.7 Å². The number of rotatable bonds is 29. The largest absolute Gasteiger partial charge is 0.774 e. The number of allylic oxidation sites excluding steroid dienone is 2. The Morgan fingerprint density at radius 2 is 1.20 bits per heavy atom. The van der Waals surface area contributed by atoms with Crippen molar-refractivity contribution in [3.8, 4) is 0 Å². The molecule has 0 aliphatic carbocycles. The van der Waals surface area contributed by atoms with Crippen LogP contribution in [0, 0.1) is 0 Å². The lowest BCUT2D eigenvalue weighted by Crippen LogP contribution is -2.47. The van der Waals surface area contributed by atoms with Crippen LogP contribution in [0.4, 0.5) is 0 Å². The Balaban J connectivity index is 3.55. The van der Waals surface area contributed by atoms with Crippen molar-refractivity contribution in [3.05, 3.63) is 12.2 Å². The van der Waals surface area contributed by atoms with Crippen LogP contribution in [0.1, 0.15) is 149 Å². The number of nitrogens with zero attached hydrogens (tertiary/aromatic N) is 1. The van der Waals surface area contributed by atoms with Gasteiger partial charge in [-0.05, 0) is 32.1 Å². The number of unbranched alkanes of at least 4 members (excludes halogenated alkanes) is 17. The molecule has 3 atom stereocenters. The van der Waals surface area contributed by atoms with E-state index >= 15 is 0 Å². The molecule has 0 aromatic heterocycles. The molecule has 0 saturated carbocycles. The van der Waals surface area contributed by atoms with Gasteiger partial charge in [0.05, 0.1) is 27.7 Å².